The number of imidazole rings is 1. The van der Waals surface area contributed by atoms with Crippen LogP contribution in [0.25, 0.3) is 0 Å². The summed E-state index contributed by atoms with van der Waals surface area (Å²) in [5.41, 5.74) is 7.16. The van der Waals surface area contributed by atoms with Crippen molar-refractivity contribution < 1.29 is 14.4 Å². The highest BCUT2D eigenvalue weighted by atomic mass is 16.2. The van der Waals surface area contributed by atoms with Crippen molar-refractivity contribution in [2.75, 3.05) is 0 Å². The summed E-state index contributed by atoms with van der Waals surface area (Å²) < 4.78 is 0. The van der Waals surface area contributed by atoms with Crippen LogP contribution in [0.15, 0.2) is 11.9 Å². The van der Waals surface area contributed by atoms with Crippen molar-refractivity contribution in [3.8, 4) is 0 Å². The molecule has 0 aromatic carbocycles. The summed E-state index contributed by atoms with van der Waals surface area (Å²) in [5, 5.41) is 0. The van der Waals surface area contributed by atoms with Gasteiger partial charge < -0.3 is 15.6 Å². The number of rotatable bonds is 7. The highest BCUT2D eigenvalue weighted by Gasteiger charge is 2.22. The minimum absolute atomic E-state index is 0.0545. The number of aryl methyl sites for hydroxylation is 1. The van der Waals surface area contributed by atoms with Crippen LogP contribution in [0.3, 0.4) is 0 Å². The summed E-state index contributed by atoms with van der Waals surface area (Å²) in [6, 6.07) is -0.0545. The van der Waals surface area contributed by atoms with Crippen LogP contribution in [0.2, 0.25) is 0 Å². The Balaban J connectivity index is 0.000000501. The molecule has 0 spiro atoms. The predicted octanol–water partition coefficient (Wildman–Crippen LogP) is 3.32. The minimum Gasteiger partial charge on any atom is -0.403 e. The fraction of sp³-hybridized carbons (Fsp3) is 0.600. The summed E-state index contributed by atoms with van der Waals surface area (Å²) in [7, 11) is 0. The van der Waals surface area contributed by atoms with Crippen molar-refractivity contribution in [1.29, 1.82) is 0 Å². The number of allylic oxidation sites excluding steroid dienone is 1. The van der Waals surface area contributed by atoms with Gasteiger partial charge in [-0.1, -0.05) is 27.7 Å². The maximum Gasteiger partial charge on any atom is 0.227 e. The zero-order chi connectivity index (χ0) is 21.3. The minimum atomic E-state index is -0.192. The molecule has 7 nitrogen and oxygen atoms in total. The van der Waals surface area contributed by atoms with E-state index in [1.165, 1.54) is 18.0 Å². The fourth-order valence-corrected chi connectivity index (χ4v) is 2.53. The zero-order valence-electron chi connectivity index (χ0n) is 17.8. The third-order valence-electron chi connectivity index (χ3n) is 3.88. The maximum absolute atomic E-state index is 11.5. The van der Waals surface area contributed by atoms with Crippen molar-refractivity contribution in [2.45, 2.75) is 80.2 Å². The Hall–Kier alpha value is -2.44. The second-order valence-electron chi connectivity index (χ2n) is 6.83. The lowest BCUT2D eigenvalue weighted by Crippen LogP contribution is -2.38. The van der Waals surface area contributed by atoms with Gasteiger partial charge >= 0.3 is 0 Å². The number of nitrogens with one attached hydrogen (secondary N) is 1. The number of hydrogen-bond acceptors (Lipinski definition) is 5. The Morgan fingerprint density at radius 2 is 1.70 bits per heavy atom. The average molecular weight is 379 g/mol. The molecule has 0 bridgehead atoms. The smallest absolute Gasteiger partial charge is 0.227 e. The van der Waals surface area contributed by atoms with Crippen molar-refractivity contribution in [3.63, 3.8) is 0 Å². The van der Waals surface area contributed by atoms with E-state index in [2.05, 4.69) is 9.97 Å². The predicted molar refractivity (Wildman–Crippen MR) is 107 cm³/mol. The topological polar surface area (TPSA) is 109 Å². The molecule has 0 aliphatic rings. The number of aromatic amines is 1. The van der Waals surface area contributed by atoms with Gasteiger partial charge in [-0.05, 0) is 19.8 Å². The van der Waals surface area contributed by atoms with Gasteiger partial charge in [0.1, 0.15) is 17.2 Å². The molecule has 0 aliphatic carbocycles. The number of carbonyl (C=O) groups is 3. The van der Waals surface area contributed by atoms with E-state index in [1.54, 1.807) is 13.8 Å². The van der Waals surface area contributed by atoms with Crippen molar-refractivity contribution >= 4 is 17.5 Å². The van der Waals surface area contributed by atoms with Gasteiger partial charge in [-0.2, -0.15) is 0 Å². The second-order valence-corrected chi connectivity index (χ2v) is 6.83. The normalized spacial score (nSPS) is 11.3. The van der Waals surface area contributed by atoms with Crippen LogP contribution in [0.4, 0.5) is 0 Å². The Labute approximate surface area is 162 Å². The first-order valence-electron chi connectivity index (χ1n) is 9.36. The zero-order valence-corrected chi connectivity index (χ0v) is 17.8. The molecule has 0 saturated carbocycles. The summed E-state index contributed by atoms with van der Waals surface area (Å²) in [5.74, 6) is 0.982. The molecule has 27 heavy (non-hydrogen) atoms. The molecule has 1 amide bonds. The lowest BCUT2D eigenvalue weighted by molar-refractivity contribution is -0.133. The SMILES string of the molecule is CCC(=O)N(/C(=C/N)C(C)=O)C(C)C.CCc1nc(C(C)C)c(C(C)=O)[nH]1. The number of Topliss-reactive ketones (excluding diaryl/α,β-unsaturated/α-hetero) is 2. The van der Waals surface area contributed by atoms with E-state index in [0.717, 1.165) is 17.9 Å². The number of carbonyl (C=O) groups excluding carboxylic acids is 3. The van der Waals surface area contributed by atoms with Crippen LogP contribution in [-0.4, -0.2) is 38.4 Å². The number of nitrogens with zero attached hydrogens (tertiary/aromatic N) is 2. The summed E-state index contributed by atoms with van der Waals surface area (Å²) >= 11 is 0. The molecule has 0 atom stereocenters. The number of aromatic nitrogens is 2. The Morgan fingerprint density at radius 1 is 1.15 bits per heavy atom. The fourth-order valence-electron chi connectivity index (χ4n) is 2.53. The highest BCUT2D eigenvalue weighted by molar-refractivity contribution is 5.97. The van der Waals surface area contributed by atoms with Gasteiger partial charge in [-0.3, -0.25) is 14.4 Å². The van der Waals surface area contributed by atoms with Crippen LogP contribution in [0.1, 0.15) is 89.7 Å². The number of amides is 1. The van der Waals surface area contributed by atoms with Crippen molar-refractivity contribution in [3.05, 3.63) is 29.1 Å². The third-order valence-corrected chi connectivity index (χ3v) is 3.88. The van der Waals surface area contributed by atoms with E-state index in [4.69, 9.17) is 5.73 Å². The molecule has 0 saturated heterocycles. The first-order valence-corrected chi connectivity index (χ1v) is 9.36. The van der Waals surface area contributed by atoms with Crippen LogP contribution in [0, 0.1) is 0 Å². The van der Waals surface area contributed by atoms with Crippen molar-refractivity contribution in [1.82, 2.24) is 14.9 Å². The molecule has 1 aromatic rings. The quantitative estimate of drug-likeness (QED) is 0.559. The van der Waals surface area contributed by atoms with Gasteiger partial charge in [-0.25, -0.2) is 4.98 Å². The second kappa shape index (κ2) is 11.3. The van der Waals surface area contributed by atoms with Gasteiger partial charge in [0.15, 0.2) is 11.6 Å². The summed E-state index contributed by atoms with van der Waals surface area (Å²) in [4.78, 5) is 42.8. The van der Waals surface area contributed by atoms with E-state index in [-0.39, 0.29) is 29.2 Å². The summed E-state index contributed by atoms with van der Waals surface area (Å²) in [6.07, 6.45) is 2.39. The van der Waals surface area contributed by atoms with E-state index < -0.39 is 0 Å². The van der Waals surface area contributed by atoms with Gasteiger partial charge in [0.25, 0.3) is 0 Å². The Bertz CT molecular complexity index is 687. The van der Waals surface area contributed by atoms with Gasteiger partial charge in [-0.15, -0.1) is 0 Å². The molecule has 3 N–H and O–H groups in total. The largest absolute Gasteiger partial charge is 0.403 e. The molecule has 0 unspecified atom stereocenters. The van der Waals surface area contributed by atoms with E-state index in [0.29, 0.717) is 18.0 Å². The number of H-pyrrole nitrogens is 1. The van der Waals surface area contributed by atoms with Crippen molar-refractivity contribution in [2.24, 2.45) is 5.73 Å². The van der Waals surface area contributed by atoms with Crippen LogP contribution in [0.5, 0.6) is 0 Å². The molecule has 1 heterocycles. The first-order chi connectivity index (χ1) is 12.5. The van der Waals surface area contributed by atoms with Crippen LogP contribution >= 0.6 is 0 Å². The van der Waals surface area contributed by atoms with Gasteiger partial charge in [0, 0.05) is 38.9 Å². The third kappa shape index (κ3) is 7.00. The molecule has 1 aromatic heterocycles. The standard InChI is InChI=1S/C10H18N2O2.C10H16N2O/c1-5-10(14)12(7(2)3)9(6-11)8(4)13;1-5-8-11-9(6(2)3)10(12-8)7(4)13/h6-7H,5,11H2,1-4H3;6H,5H2,1-4H3,(H,11,12)/b9-6+;. The molecule has 0 aliphatic heterocycles. The van der Waals surface area contributed by atoms with E-state index in [1.807, 2.05) is 34.6 Å². The maximum atomic E-state index is 11.5. The lowest BCUT2D eigenvalue weighted by Gasteiger charge is -2.27. The number of ketones is 2. The molecule has 0 fully saturated rings. The monoisotopic (exact) mass is 378 g/mol. The molecular formula is C20H34N4O3. The van der Waals surface area contributed by atoms with Gasteiger partial charge in [0.05, 0.1) is 5.69 Å². The Kier molecular flexibility index (Phi) is 10.3. The van der Waals surface area contributed by atoms with E-state index in [9.17, 15) is 14.4 Å². The summed E-state index contributed by atoms with van der Waals surface area (Å²) in [6.45, 7) is 14.5. The Morgan fingerprint density at radius 3 is 1.96 bits per heavy atom. The van der Waals surface area contributed by atoms with Crippen LogP contribution in [-0.2, 0) is 16.0 Å². The van der Waals surface area contributed by atoms with Gasteiger partial charge in [0.2, 0.25) is 5.91 Å². The molecular weight excluding hydrogens is 344 g/mol. The molecule has 7 heteroatoms. The number of nitrogens with two attached hydrogens (primary N) is 1. The highest BCUT2D eigenvalue weighted by Crippen LogP contribution is 2.17. The molecule has 152 valence electrons. The van der Waals surface area contributed by atoms with Crippen LogP contribution < -0.4 is 5.73 Å². The molecule has 1 rings (SSSR count). The average Bonchev–Trinajstić information content (AvgIpc) is 3.04. The molecule has 0 radical (unpaired) electrons. The number of hydrogen-bond donors (Lipinski definition) is 2. The lowest BCUT2D eigenvalue weighted by atomic mass is 10.1. The van der Waals surface area contributed by atoms with E-state index >= 15 is 0 Å². The first kappa shape index (κ1) is 24.6.